The van der Waals surface area contributed by atoms with Crippen LogP contribution in [-0.4, -0.2) is 45.1 Å². The lowest BCUT2D eigenvalue weighted by molar-refractivity contribution is -0.0723. The second-order valence-electron chi connectivity index (χ2n) is 25.0. The summed E-state index contributed by atoms with van der Waals surface area (Å²) in [5.74, 6) is 8.24. The fourth-order valence-electron chi connectivity index (χ4n) is 17.7. The van der Waals surface area contributed by atoms with E-state index in [1.54, 1.807) is 10.4 Å². The van der Waals surface area contributed by atoms with Gasteiger partial charge in [-0.2, -0.15) is 0 Å². The average Bonchev–Trinajstić information content (AvgIpc) is 3.72. The third kappa shape index (κ3) is 6.07. The lowest BCUT2D eigenvalue weighted by Gasteiger charge is -2.64. The van der Waals surface area contributed by atoms with Gasteiger partial charge >= 0.3 is 0 Å². The van der Waals surface area contributed by atoms with Gasteiger partial charge in [-0.1, -0.05) is 120 Å². The second kappa shape index (κ2) is 13.2. The zero-order valence-electron chi connectivity index (χ0n) is 37.5. The molecule has 0 saturated heterocycles. The maximum absolute atomic E-state index is 9.32. The fraction of sp³-hybridized carbons (Fsp3) is 0.667. The van der Waals surface area contributed by atoms with Gasteiger partial charge in [0.2, 0.25) is 8.32 Å². The van der Waals surface area contributed by atoms with E-state index in [0.29, 0.717) is 0 Å². The minimum atomic E-state index is -2.81. The van der Waals surface area contributed by atoms with Crippen molar-refractivity contribution < 1.29 is 8.85 Å². The molecule has 0 aromatic heterocycles. The van der Waals surface area contributed by atoms with Crippen molar-refractivity contribution in [3.8, 4) is 0 Å². The minimum Gasteiger partial charge on any atom is -0.545 e. The third-order valence-electron chi connectivity index (χ3n) is 16.8. The monoisotopic (exact) mass is 852 g/mol. The van der Waals surface area contributed by atoms with Crippen molar-refractivity contribution >= 4 is 55.5 Å². The molecule has 8 saturated carbocycles. The van der Waals surface area contributed by atoms with Gasteiger partial charge in [-0.15, -0.1) is 0 Å². The zero-order chi connectivity index (χ0) is 39.9. The molecule has 0 amide bonds. The topological polar surface area (TPSA) is 18.5 Å². The number of allylic oxidation sites excluding steroid dienone is 2. The van der Waals surface area contributed by atoms with Crippen LogP contribution in [0, 0.1) is 46.3 Å². The molecule has 8 heteroatoms. The van der Waals surface area contributed by atoms with E-state index in [4.69, 9.17) is 4.43 Å². The van der Waals surface area contributed by atoms with Crippen LogP contribution in [0.15, 0.2) is 72.2 Å². The predicted molar refractivity (Wildman–Crippen MR) is 255 cm³/mol. The molecule has 1 aliphatic heterocycles. The largest absolute Gasteiger partial charge is 0.545 e. The van der Waals surface area contributed by atoms with E-state index in [1.165, 1.54) is 99.7 Å². The molecule has 2 nitrogen and oxygen atoms in total. The molecule has 0 radical (unpaired) electrons. The Kier molecular flexibility index (Phi) is 9.46. The molecule has 0 N–H and O–H groups in total. The molecule has 11 rings (SSSR count). The Balaban J connectivity index is 1.40. The summed E-state index contributed by atoms with van der Waals surface area (Å²) in [7, 11) is -10.3. The first-order valence-corrected chi connectivity index (χ1v) is 44.9. The van der Waals surface area contributed by atoms with Crippen LogP contribution in [0.2, 0.25) is 78.6 Å². The van der Waals surface area contributed by atoms with Crippen LogP contribution in [-0.2, 0) is 8.85 Å². The van der Waals surface area contributed by atoms with Gasteiger partial charge < -0.3 is 8.85 Å². The summed E-state index contributed by atoms with van der Waals surface area (Å²) < 4.78 is 17.4. The summed E-state index contributed by atoms with van der Waals surface area (Å²) in [6, 6.07) is 23.7. The van der Waals surface area contributed by atoms with Crippen LogP contribution < -0.4 is 0 Å². The molecule has 9 aliphatic rings. The van der Waals surface area contributed by atoms with E-state index in [1.807, 2.05) is 0 Å². The third-order valence-corrected chi connectivity index (χ3v) is 124. The van der Waals surface area contributed by atoms with Crippen molar-refractivity contribution in [2.24, 2.45) is 46.3 Å². The van der Waals surface area contributed by atoms with Crippen molar-refractivity contribution in [2.75, 3.05) is 0 Å². The number of hydrogen-bond acceptors (Lipinski definition) is 2. The molecule has 304 valence electrons. The molecular weight excluding hydrogens is 777 g/mol. The molecule has 8 aliphatic carbocycles. The normalized spacial score (nSPS) is 35.1. The molecular formula is C48H76O2Si6. The highest BCUT2D eigenvalue weighted by Crippen LogP contribution is 2.72. The summed E-state index contributed by atoms with van der Waals surface area (Å²) in [5.41, 5.74) is 3.27. The van der Waals surface area contributed by atoms with E-state index in [0.717, 1.165) is 35.5 Å². The Labute approximate surface area is 347 Å². The van der Waals surface area contributed by atoms with Gasteiger partial charge in [0.05, 0.1) is 6.14 Å². The highest BCUT2D eigenvalue weighted by Gasteiger charge is 2.84. The molecule has 0 atom stereocenters. The maximum Gasteiger partial charge on any atom is 0.290 e. The number of hydrogen-bond donors (Lipinski definition) is 0. The van der Waals surface area contributed by atoms with Crippen molar-refractivity contribution in [1.82, 2.24) is 0 Å². The summed E-state index contributed by atoms with van der Waals surface area (Å²) >= 11 is 0. The van der Waals surface area contributed by atoms with E-state index in [-0.39, 0.29) is 10.8 Å². The highest BCUT2D eigenvalue weighted by atomic mass is 30.2. The first kappa shape index (κ1) is 40.2. The van der Waals surface area contributed by atoms with Crippen LogP contribution in [0.25, 0.3) is 10.4 Å². The van der Waals surface area contributed by atoms with Gasteiger partial charge in [0.25, 0.3) is 7.83 Å². The van der Waals surface area contributed by atoms with Gasteiger partial charge in [0, 0.05) is 33.6 Å². The molecule has 56 heavy (non-hydrogen) atoms. The van der Waals surface area contributed by atoms with Crippen molar-refractivity contribution in [3.05, 3.63) is 83.3 Å². The zero-order valence-corrected chi connectivity index (χ0v) is 43.5. The molecule has 2 aromatic rings. The minimum absolute atomic E-state index is 0.137. The molecule has 0 spiro atoms. The predicted octanol–water partition coefficient (Wildman–Crippen LogP) is 13.9. The standard InChI is InChI=1S/C48H76O2Si6/c1-51(2,3)49-45(47-29-35-23-36(30-47)25-37(24-35)31-47)46(48-32-38-26-39(33-48)28-40(27-38)34-48)50-55(56(52(4,5)6,53(7,8)9)54(10,11)12)43(41-19-15-13-16-20-41)44(55)42-21-17-14-18-22-42/h13-22,35-40H,23-34H2,1-12H3/b46-45+. The first-order valence-electron chi connectivity index (χ1n) is 23.1. The van der Waals surface area contributed by atoms with Crippen LogP contribution in [0.5, 0.6) is 0 Å². The van der Waals surface area contributed by atoms with Gasteiger partial charge in [-0.3, -0.25) is 0 Å². The molecule has 2 aromatic carbocycles. The highest BCUT2D eigenvalue weighted by molar-refractivity contribution is 8.10. The first-order chi connectivity index (χ1) is 26.1. The van der Waals surface area contributed by atoms with Gasteiger partial charge in [-0.25, -0.2) is 0 Å². The maximum atomic E-state index is 9.32. The van der Waals surface area contributed by atoms with E-state index in [2.05, 4.69) is 139 Å². The summed E-state index contributed by atoms with van der Waals surface area (Å²) in [6.45, 7) is 33.2. The van der Waals surface area contributed by atoms with E-state index >= 15 is 0 Å². The summed E-state index contributed by atoms with van der Waals surface area (Å²) in [6.07, 6.45) is 14.8. The second-order valence-corrected chi connectivity index (χ2v) is 80.6. The quantitative estimate of drug-likeness (QED) is 0.156. The summed E-state index contributed by atoms with van der Waals surface area (Å²) in [5, 5.41) is 3.45. The molecule has 1 heterocycles. The van der Waals surface area contributed by atoms with Gasteiger partial charge in [0.1, 0.15) is 11.5 Å². The van der Waals surface area contributed by atoms with Gasteiger partial charge in [0.15, 0.2) is 0 Å². The van der Waals surface area contributed by atoms with E-state index < -0.39 is 45.1 Å². The summed E-state index contributed by atoms with van der Waals surface area (Å²) in [4.78, 5) is 0. The number of benzene rings is 2. The Morgan fingerprint density at radius 1 is 0.464 bits per heavy atom. The molecule has 8 fully saturated rings. The fourth-order valence-corrected chi connectivity index (χ4v) is 165. The Hall–Kier alpha value is -1.18. The Morgan fingerprint density at radius 2 is 0.768 bits per heavy atom. The van der Waals surface area contributed by atoms with Crippen LogP contribution in [0.4, 0.5) is 0 Å². The molecule has 8 bridgehead atoms. The SMILES string of the molecule is C[Si](C)(C)O/C(=C(/O[Si]1([Si]([Si](C)(C)C)([Si](C)(C)C)[Si](C)(C)C)C(c2ccccc2)=C1c1ccccc1)C12CC3CC(CC(C3)C1)C2)C12CC3CC(CC(C3)C1)C2. The smallest absolute Gasteiger partial charge is 0.290 e. The van der Waals surface area contributed by atoms with Crippen LogP contribution >= 0.6 is 0 Å². The molecule has 0 unspecified atom stereocenters. The van der Waals surface area contributed by atoms with Crippen LogP contribution in [0.3, 0.4) is 0 Å². The lowest BCUT2D eigenvalue weighted by Crippen LogP contribution is -2.92. The van der Waals surface area contributed by atoms with Crippen molar-refractivity contribution in [1.29, 1.82) is 0 Å². The Morgan fingerprint density at radius 3 is 1.05 bits per heavy atom. The van der Waals surface area contributed by atoms with Crippen LogP contribution in [0.1, 0.15) is 88.2 Å². The Bertz CT molecular complexity index is 1750. The number of rotatable bonds is 12. The van der Waals surface area contributed by atoms with Gasteiger partial charge in [-0.05, 0) is 154 Å². The van der Waals surface area contributed by atoms with Crippen molar-refractivity contribution in [3.63, 3.8) is 0 Å². The van der Waals surface area contributed by atoms with E-state index in [9.17, 15) is 4.43 Å². The average molecular weight is 854 g/mol. The lowest BCUT2D eigenvalue weighted by atomic mass is 9.46. The van der Waals surface area contributed by atoms with Crippen molar-refractivity contribution in [2.45, 2.75) is 156 Å².